The maximum Gasteiger partial charge on any atom is 0.411 e. The Morgan fingerprint density at radius 1 is 1.12 bits per heavy atom. The average Bonchev–Trinajstić information content (AvgIpc) is 3.06. The molecular weight excluding hydrogens is 510 g/mol. The zero-order valence-electron chi connectivity index (χ0n) is 17.7. The van der Waals surface area contributed by atoms with Crippen molar-refractivity contribution in [2.75, 3.05) is 0 Å². The van der Waals surface area contributed by atoms with Gasteiger partial charge < -0.3 is 14.6 Å². The third-order valence-electron chi connectivity index (χ3n) is 5.45. The molecule has 1 heterocycles. The Bertz CT molecular complexity index is 1190. The first-order valence-corrected chi connectivity index (χ1v) is 11.5. The minimum atomic E-state index is -0.942. The van der Waals surface area contributed by atoms with Crippen molar-refractivity contribution in [3.05, 3.63) is 92.9 Å². The molecule has 3 aromatic rings. The van der Waals surface area contributed by atoms with Crippen LogP contribution in [0.1, 0.15) is 29.7 Å². The second-order valence-corrected chi connectivity index (χ2v) is 9.10. The molecule has 0 bridgehead atoms. The van der Waals surface area contributed by atoms with Crippen LogP contribution in [0.4, 0.5) is 4.79 Å². The van der Waals surface area contributed by atoms with Gasteiger partial charge in [0, 0.05) is 10.0 Å². The number of hydrogen-bond acceptors (Lipinski definition) is 4. The second kappa shape index (κ2) is 9.85. The first-order chi connectivity index (χ1) is 15.8. The zero-order chi connectivity index (χ0) is 23.5. The van der Waals surface area contributed by atoms with Gasteiger partial charge in [0.25, 0.3) is 0 Å². The lowest BCUT2D eigenvalue weighted by atomic mass is 10.0. The molecule has 2 atom stereocenters. The van der Waals surface area contributed by atoms with Gasteiger partial charge in [-0.3, -0.25) is 9.69 Å². The minimum absolute atomic E-state index is 0.140. The number of carbonyl (C=O) groups excluding carboxylic acids is 1. The van der Waals surface area contributed by atoms with Crippen LogP contribution in [0.5, 0.6) is 11.5 Å². The summed E-state index contributed by atoms with van der Waals surface area (Å²) < 4.78 is 12.6. The van der Waals surface area contributed by atoms with Crippen LogP contribution in [-0.2, 0) is 22.5 Å². The molecule has 0 saturated carbocycles. The van der Waals surface area contributed by atoms with Crippen molar-refractivity contribution in [1.82, 2.24) is 4.90 Å². The maximum absolute atomic E-state index is 12.7. The van der Waals surface area contributed by atoms with E-state index in [1.807, 2.05) is 49.4 Å². The third-order valence-corrected chi connectivity index (χ3v) is 6.26. The Labute approximate surface area is 204 Å². The van der Waals surface area contributed by atoms with Crippen LogP contribution in [0, 0.1) is 0 Å². The number of carboxylic acids is 1. The summed E-state index contributed by atoms with van der Waals surface area (Å²) in [5.74, 6) is -0.0870. The predicted octanol–water partition coefficient (Wildman–Crippen LogP) is 6.60. The van der Waals surface area contributed by atoms with Crippen LogP contribution in [0.3, 0.4) is 0 Å². The Kier molecular flexibility index (Phi) is 6.91. The Hall–Kier alpha value is -3.03. The smallest absolute Gasteiger partial charge is 0.411 e. The fourth-order valence-electron chi connectivity index (χ4n) is 3.79. The molecule has 3 aromatic carbocycles. The predicted molar refractivity (Wildman–Crippen MR) is 128 cm³/mol. The van der Waals surface area contributed by atoms with E-state index in [1.54, 1.807) is 29.2 Å². The molecule has 1 saturated heterocycles. The number of nitrogens with zero attached hydrogens (tertiary/aromatic N) is 1. The number of carboxylic acid groups (broad SMARTS) is 1. The van der Waals surface area contributed by atoms with Gasteiger partial charge in [-0.25, -0.2) is 4.79 Å². The quantitative estimate of drug-likeness (QED) is 0.372. The highest BCUT2D eigenvalue weighted by Crippen LogP contribution is 2.37. The molecule has 170 valence electrons. The number of cyclic esters (lactones) is 1. The van der Waals surface area contributed by atoms with E-state index in [2.05, 4.69) is 15.9 Å². The lowest BCUT2D eigenvalue weighted by molar-refractivity contribution is -0.136. The normalized spacial score (nSPS) is 17.7. The minimum Gasteiger partial charge on any atom is -0.481 e. The van der Waals surface area contributed by atoms with E-state index in [0.717, 1.165) is 15.6 Å². The number of carbonyl (C=O) groups is 2. The Morgan fingerprint density at radius 2 is 1.88 bits per heavy atom. The summed E-state index contributed by atoms with van der Waals surface area (Å²) in [5, 5.41) is 9.43. The van der Waals surface area contributed by atoms with E-state index in [-0.39, 0.29) is 25.1 Å². The topological polar surface area (TPSA) is 76.1 Å². The van der Waals surface area contributed by atoms with Crippen LogP contribution >= 0.6 is 27.5 Å². The summed E-state index contributed by atoms with van der Waals surface area (Å²) >= 11 is 9.79. The SMILES string of the molecule is C[C@H]1C(c2ccccc2)OC(=O)N1Cc1cc(Br)ccc1Oc1cc(CC(=O)O)ccc1Cl. The van der Waals surface area contributed by atoms with Gasteiger partial charge >= 0.3 is 12.1 Å². The summed E-state index contributed by atoms with van der Waals surface area (Å²) in [4.78, 5) is 25.4. The highest BCUT2D eigenvalue weighted by Gasteiger charge is 2.39. The molecule has 0 aliphatic carbocycles. The summed E-state index contributed by atoms with van der Waals surface area (Å²) in [6.07, 6.45) is -0.903. The molecule has 1 aliphatic heterocycles. The summed E-state index contributed by atoms with van der Waals surface area (Å²) in [7, 11) is 0. The number of amides is 1. The van der Waals surface area contributed by atoms with Crippen molar-refractivity contribution < 1.29 is 24.2 Å². The summed E-state index contributed by atoms with van der Waals surface area (Å²) in [5.41, 5.74) is 2.26. The van der Waals surface area contributed by atoms with Crippen LogP contribution in [0.2, 0.25) is 5.02 Å². The van der Waals surface area contributed by atoms with Gasteiger partial charge in [-0.05, 0) is 48.4 Å². The fraction of sp³-hybridized carbons (Fsp3) is 0.200. The number of ether oxygens (including phenoxy) is 2. The zero-order valence-corrected chi connectivity index (χ0v) is 20.0. The molecule has 1 aliphatic rings. The number of hydrogen-bond donors (Lipinski definition) is 1. The molecule has 33 heavy (non-hydrogen) atoms. The molecule has 0 spiro atoms. The van der Waals surface area contributed by atoms with Crippen molar-refractivity contribution >= 4 is 39.6 Å². The molecule has 8 heteroatoms. The van der Waals surface area contributed by atoms with E-state index in [0.29, 0.717) is 22.1 Å². The lowest BCUT2D eigenvalue weighted by Crippen LogP contribution is -2.31. The van der Waals surface area contributed by atoms with Gasteiger partial charge in [0.1, 0.15) is 17.6 Å². The maximum atomic E-state index is 12.7. The van der Waals surface area contributed by atoms with Crippen LogP contribution < -0.4 is 4.74 Å². The standard InChI is InChI=1S/C25H21BrClNO5/c1-15-24(17-5-3-2-4-6-17)33-25(31)28(15)14-18-13-19(26)8-10-21(18)32-22-11-16(12-23(29)30)7-9-20(22)27/h2-11,13,15,24H,12,14H2,1H3,(H,29,30)/t15-,24?/m0/s1. The average molecular weight is 531 g/mol. The van der Waals surface area contributed by atoms with Crippen LogP contribution in [-0.4, -0.2) is 28.1 Å². The molecule has 6 nitrogen and oxygen atoms in total. The first kappa shape index (κ1) is 23.1. The van der Waals surface area contributed by atoms with Gasteiger partial charge in [0.05, 0.1) is 24.0 Å². The molecule has 0 aromatic heterocycles. The van der Waals surface area contributed by atoms with E-state index in [9.17, 15) is 9.59 Å². The molecule has 1 unspecified atom stereocenters. The van der Waals surface area contributed by atoms with Gasteiger partial charge in [-0.15, -0.1) is 0 Å². The van der Waals surface area contributed by atoms with Gasteiger partial charge in [0.15, 0.2) is 0 Å². The van der Waals surface area contributed by atoms with E-state index >= 15 is 0 Å². The number of benzene rings is 3. The summed E-state index contributed by atoms with van der Waals surface area (Å²) in [6, 6.07) is 19.8. The van der Waals surface area contributed by atoms with Gasteiger partial charge in [-0.1, -0.05) is 63.9 Å². The van der Waals surface area contributed by atoms with E-state index < -0.39 is 12.1 Å². The number of aliphatic carboxylic acids is 1. The Balaban J connectivity index is 1.59. The molecular formula is C25H21BrClNO5. The van der Waals surface area contributed by atoms with Crippen molar-refractivity contribution in [2.45, 2.75) is 32.0 Å². The summed E-state index contributed by atoms with van der Waals surface area (Å²) in [6.45, 7) is 2.22. The van der Waals surface area contributed by atoms with Crippen LogP contribution in [0.25, 0.3) is 0 Å². The van der Waals surface area contributed by atoms with Gasteiger partial charge in [-0.2, -0.15) is 0 Å². The molecule has 1 amide bonds. The molecule has 4 rings (SSSR count). The molecule has 0 radical (unpaired) electrons. The van der Waals surface area contributed by atoms with E-state index in [4.69, 9.17) is 26.2 Å². The van der Waals surface area contributed by atoms with E-state index in [1.165, 1.54) is 0 Å². The molecule has 1 N–H and O–H groups in total. The third kappa shape index (κ3) is 5.31. The van der Waals surface area contributed by atoms with Gasteiger partial charge in [0.2, 0.25) is 0 Å². The Morgan fingerprint density at radius 3 is 2.61 bits per heavy atom. The first-order valence-electron chi connectivity index (χ1n) is 10.3. The fourth-order valence-corrected chi connectivity index (χ4v) is 4.35. The number of halogens is 2. The van der Waals surface area contributed by atoms with Crippen molar-refractivity contribution in [3.8, 4) is 11.5 Å². The monoisotopic (exact) mass is 529 g/mol. The van der Waals surface area contributed by atoms with Crippen molar-refractivity contribution in [1.29, 1.82) is 0 Å². The number of rotatable bonds is 7. The largest absolute Gasteiger partial charge is 0.481 e. The highest BCUT2D eigenvalue weighted by molar-refractivity contribution is 9.10. The lowest BCUT2D eigenvalue weighted by Gasteiger charge is -2.22. The van der Waals surface area contributed by atoms with Crippen LogP contribution in [0.15, 0.2) is 71.2 Å². The van der Waals surface area contributed by atoms with Crippen molar-refractivity contribution in [3.63, 3.8) is 0 Å². The highest BCUT2D eigenvalue weighted by atomic mass is 79.9. The van der Waals surface area contributed by atoms with Crippen molar-refractivity contribution in [2.24, 2.45) is 0 Å². The second-order valence-electron chi connectivity index (χ2n) is 7.77. The molecule has 1 fully saturated rings.